The molecule has 1 aromatic heterocycles. The molecule has 0 amide bonds. The van der Waals surface area contributed by atoms with Crippen LogP contribution >= 0.6 is 0 Å². The van der Waals surface area contributed by atoms with Crippen LogP contribution in [0.3, 0.4) is 0 Å². The summed E-state index contributed by atoms with van der Waals surface area (Å²) < 4.78 is 9.36. The summed E-state index contributed by atoms with van der Waals surface area (Å²) >= 11 is 0. The van der Waals surface area contributed by atoms with Crippen molar-refractivity contribution in [2.75, 3.05) is 7.11 Å². The van der Waals surface area contributed by atoms with Crippen molar-refractivity contribution in [2.45, 2.75) is 12.8 Å². The van der Waals surface area contributed by atoms with Crippen LogP contribution in [0.4, 0.5) is 0 Å². The molecule has 76 valence electrons. The maximum absolute atomic E-state index is 10.7. The lowest BCUT2D eigenvalue weighted by atomic mass is 10.2. The van der Waals surface area contributed by atoms with E-state index in [2.05, 4.69) is 4.74 Å². The molecule has 0 unspecified atom stereocenters. The quantitative estimate of drug-likeness (QED) is 0.732. The normalized spacial score (nSPS) is 9.79. The molecule has 0 spiro atoms. The summed E-state index contributed by atoms with van der Waals surface area (Å²) in [5.74, 6) is -1.12. The highest BCUT2D eigenvalue weighted by atomic mass is 16.5. The van der Waals surface area contributed by atoms with Gasteiger partial charge >= 0.3 is 11.9 Å². The first kappa shape index (κ1) is 10.3. The van der Waals surface area contributed by atoms with Crippen LogP contribution in [0.15, 0.2) is 16.5 Å². The van der Waals surface area contributed by atoms with Crippen LogP contribution in [0, 0.1) is 0 Å². The lowest BCUT2D eigenvalue weighted by Crippen LogP contribution is -2.01. The van der Waals surface area contributed by atoms with E-state index in [-0.39, 0.29) is 18.2 Å². The maximum Gasteiger partial charge on any atom is 0.371 e. The van der Waals surface area contributed by atoms with Gasteiger partial charge in [-0.25, -0.2) is 4.79 Å². The SMILES string of the molecule is COC(=O)CCc1ccc(C(=O)O)o1. The number of aryl methyl sites for hydroxylation is 1. The molecule has 0 saturated carbocycles. The van der Waals surface area contributed by atoms with Crippen LogP contribution in [0.5, 0.6) is 0 Å². The van der Waals surface area contributed by atoms with Crippen LogP contribution in [0.2, 0.25) is 0 Å². The summed E-state index contributed by atoms with van der Waals surface area (Å²) in [4.78, 5) is 21.2. The minimum absolute atomic E-state index is 0.120. The molecule has 1 rings (SSSR count). The third-order valence-electron chi connectivity index (χ3n) is 1.68. The highest BCUT2D eigenvalue weighted by Gasteiger charge is 2.10. The smallest absolute Gasteiger partial charge is 0.371 e. The highest BCUT2D eigenvalue weighted by molar-refractivity contribution is 5.84. The van der Waals surface area contributed by atoms with Crippen molar-refractivity contribution in [3.05, 3.63) is 23.7 Å². The molecule has 5 nitrogen and oxygen atoms in total. The fourth-order valence-electron chi connectivity index (χ4n) is 0.955. The highest BCUT2D eigenvalue weighted by Crippen LogP contribution is 2.10. The van der Waals surface area contributed by atoms with Crippen LogP contribution < -0.4 is 0 Å². The second kappa shape index (κ2) is 4.45. The summed E-state index contributed by atoms with van der Waals surface area (Å²) in [5.41, 5.74) is 0. The Kier molecular flexibility index (Phi) is 3.28. The van der Waals surface area contributed by atoms with Crippen molar-refractivity contribution < 1.29 is 23.8 Å². The van der Waals surface area contributed by atoms with E-state index in [1.54, 1.807) is 0 Å². The van der Waals surface area contributed by atoms with Crippen LogP contribution in [-0.4, -0.2) is 24.2 Å². The number of hydrogen-bond donors (Lipinski definition) is 1. The second-order valence-corrected chi connectivity index (χ2v) is 2.65. The number of ether oxygens (including phenoxy) is 1. The average Bonchev–Trinajstić information content (AvgIpc) is 2.62. The van der Waals surface area contributed by atoms with Crippen molar-refractivity contribution in [1.29, 1.82) is 0 Å². The lowest BCUT2D eigenvalue weighted by molar-refractivity contribution is -0.140. The summed E-state index contributed by atoms with van der Waals surface area (Å²) in [6.45, 7) is 0. The molecule has 0 aliphatic heterocycles. The molecule has 0 fully saturated rings. The molecule has 14 heavy (non-hydrogen) atoms. The van der Waals surface area contributed by atoms with Crippen LogP contribution in [-0.2, 0) is 16.0 Å². The molecule has 0 aromatic carbocycles. The molecule has 1 aromatic rings. The molecule has 0 saturated heterocycles. The number of carbonyl (C=O) groups is 2. The molecule has 0 aliphatic carbocycles. The number of rotatable bonds is 4. The third-order valence-corrected chi connectivity index (χ3v) is 1.68. The number of hydrogen-bond acceptors (Lipinski definition) is 4. The molecule has 5 heteroatoms. The van der Waals surface area contributed by atoms with Gasteiger partial charge < -0.3 is 14.3 Å². The van der Waals surface area contributed by atoms with E-state index < -0.39 is 5.97 Å². The molecule has 0 atom stereocenters. The van der Waals surface area contributed by atoms with Gasteiger partial charge in [-0.3, -0.25) is 4.79 Å². The largest absolute Gasteiger partial charge is 0.475 e. The third kappa shape index (κ3) is 2.62. The second-order valence-electron chi connectivity index (χ2n) is 2.65. The van der Waals surface area contributed by atoms with Crippen molar-refractivity contribution in [1.82, 2.24) is 0 Å². The number of methoxy groups -OCH3 is 1. The predicted octanol–water partition coefficient (Wildman–Crippen LogP) is 1.08. The summed E-state index contributed by atoms with van der Waals surface area (Å²) in [6, 6.07) is 2.89. The molecular weight excluding hydrogens is 188 g/mol. The van der Waals surface area contributed by atoms with Gasteiger partial charge in [0.15, 0.2) is 0 Å². The number of furan rings is 1. The number of esters is 1. The minimum Gasteiger partial charge on any atom is -0.475 e. The van der Waals surface area contributed by atoms with Gasteiger partial charge in [-0.1, -0.05) is 0 Å². The van der Waals surface area contributed by atoms with E-state index in [0.717, 1.165) is 0 Å². The first-order chi connectivity index (χ1) is 6.63. The van der Waals surface area contributed by atoms with E-state index in [9.17, 15) is 9.59 Å². The average molecular weight is 198 g/mol. The molecule has 1 N–H and O–H groups in total. The van der Waals surface area contributed by atoms with Gasteiger partial charge in [0.2, 0.25) is 5.76 Å². The summed E-state index contributed by atoms with van der Waals surface area (Å²) in [5, 5.41) is 8.54. The Bertz CT molecular complexity index is 339. The van der Waals surface area contributed by atoms with Gasteiger partial charge in [0, 0.05) is 6.42 Å². The van der Waals surface area contributed by atoms with Crippen LogP contribution in [0.1, 0.15) is 22.7 Å². The Morgan fingerprint density at radius 3 is 2.71 bits per heavy atom. The number of carboxylic acid groups (broad SMARTS) is 1. The molecular formula is C9H10O5. The zero-order valence-electron chi connectivity index (χ0n) is 7.65. The van der Waals surface area contributed by atoms with Gasteiger partial charge in [-0.05, 0) is 12.1 Å². The topological polar surface area (TPSA) is 76.7 Å². The van der Waals surface area contributed by atoms with Crippen molar-refractivity contribution in [2.24, 2.45) is 0 Å². The van der Waals surface area contributed by atoms with Gasteiger partial charge in [0.1, 0.15) is 5.76 Å². The van der Waals surface area contributed by atoms with E-state index >= 15 is 0 Å². The molecule has 0 bridgehead atoms. The first-order valence-corrected chi connectivity index (χ1v) is 4.02. The minimum atomic E-state index is -1.12. The first-order valence-electron chi connectivity index (χ1n) is 4.02. The molecule has 0 aliphatic rings. The van der Waals surface area contributed by atoms with Gasteiger partial charge in [-0.15, -0.1) is 0 Å². The van der Waals surface area contributed by atoms with Gasteiger partial charge in [0.25, 0.3) is 0 Å². The zero-order chi connectivity index (χ0) is 10.6. The number of aromatic carboxylic acids is 1. The Labute approximate surface area is 80.3 Å². The number of carbonyl (C=O) groups excluding carboxylic acids is 1. The van der Waals surface area contributed by atoms with E-state index in [4.69, 9.17) is 9.52 Å². The maximum atomic E-state index is 10.7. The fraction of sp³-hybridized carbons (Fsp3) is 0.333. The molecule has 0 radical (unpaired) electrons. The zero-order valence-corrected chi connectivity index (χ0v) is 7.65. The van der Waals surface area contributed by atoms with Crippen molar-refractivity contribution in [3.8, 4) is 0 Å². The van der Waals surface area contributed by atoms with E-state index in [1.165, 1.54) is 19.2 Å². The van der Waals surface area contributed by atoms with Crippen molar-refractivity contribution >= 4 is 11.9 Å². The Balaban J connectivity index is 2.52. The Morgan fingerprint density at radius 1 is 1.50 bits per heavy atom. The lowest BCUT2D eigenvalue weighted by Gasteiger charge is -1.95. The van der Waals surface area contributed by atoms with Gasteiger partial charge in [0.05, 0.1) is 13.5 Å². The standard InChI is InChI=1S/C9H10O5/c1-13-8(10)5-3-6-2-4-7(14-6)9(11)12/h2,4H,3,5H2,1H3,(H,11,12). The fourth-order valence-corrected chi connectivity index (χ4v) is 0.955. The Hall–Kier alpha value is -1.78. The number of carboxylic acids is 1. The van der Waals surface area contributed by atoms with E-state index in [0.29, 0.717) is 12.2 Å². The Morgan fingerprint density at radius 2 is 2.21 bits per heavy atom. The monoisotopic (exact) mass is 198 g/mol. The van der Waals surface area contributed by atoms with E-state index in [1.807, 2.05) is 0 Å². The van der Waals surface area contributed by atoms with Crippen LogP contribution in [0.25, 0.3) is 0 Å². The summed E-state index contributed by atoms with van der Waals surface area (Å²) in [6.07, 6.45) is 0.531. The van der Waals surface area contributed by atoms with Crippen molar-refractivity contribution in [3.63, 3.8) is 0 Å². The predicted molar refractivity (Wildman–Crippen MR) is 46.0 cm³/mol. The molecule has 1 heterocycles. The van der Waals surface area contributed by atoms with Gasteiger partial charge in [-0.2, -0.15) is 0 Å². The summed E-state index contributed by atoms with van der Waals surface area (Å²) in [7, 11) is 1.30.